The monoisotopic (exact) mass is 366 g/mol. The molecule has 0 nitrogen and oxygen atoms in total. The van der Waals surface area contributed by atoms with E-state index in [1.54, 1.807) is 13.0 Å². The predicted molar refractivity (Wildman–Crippen MR) is 87.3 cm³/mol. The van der Waals surface area contributed by atoms with Gasteiger partial charge in [-0.05, 0) is 0 Å². The molecule has 2 rings (SSSR count). The first kappa shape index (κ1) is 20.6. The van der Waals surface area contributed by atoms with E-state index in [4.69, 9.17) is 0 Å². The number of rotatable bonds is 3. The van der Waals surface area contributed by atoms with Crippen molar-refractivity contribution in [3.8, 4) is 0 Å². The van der Waals surface area contributed by atoms with Crippen LogP contribution in [0.1, 0.15) is 6.42 Å². The Morgan fingerprint density at radius 3 is 2.15 bits per heavy atom. The minimum atomic E-state index is -3.19. The molecule has 1 aliphatic carbocycles. The molecular weight excluding hydrogens is 341 g/mol. The first-order valence-corrected chi connectivity index (χ1v) is 16.0. The fourth-order valence-corrected chi connectivity index (χ4v) is 14.7. The molecule has 0 aromatic carbocycles. The second-order valence-corrected chi connectivity index (χ2v) is 28.6. The van der Waals surface area contributed by atoms with E-state index in [0.29, 0.717) is 6.71 Å². The van der Waals surface area contributed by atoms with Crippen molar-refractivity contribution in [2.45, 2.75) is 41.0 Å². The van der Waals surface area contributed by atoms with Crippen LogP contribution in [0, 0.1) is 0 Å². The molecule has 0 saturated heterocycles. The van der Waals surface area contributed by atoms with Crippen molar-refractivity contribution in [3.63, 3.8) is 0 Å². The summed E-state index contributed by atoms with van der Waals surface area (Å²) < 4.78 is 3.53. The van der Waals surface area contributed by atoms with E-state index in [0.717, 1.165) is 8.19 Å². The zero-order valence-corrected chi connectivity index (χ0v) is 17.5. The molecule has 0 aliphatic heterocycles. The molecule has 0 spiro atoms. The van der Waals surface area contributed by atoms with E-state index in [9.17, 15) is 0 Å². The summed E-state index contributed by atoms with van der Waals surface area (Å²) in [6, 6.07) is 4.67. The van der Waals surface area contributed by atoms with Gasteiger partial charge >= 0.3 is 113 Å². The summed E-state index contributed by atoms with van der Waals surface area (Å²) >= 11 is -3.19. The topological polar surface area (TPSA) is 0 Å². The fourth-order valence-electron chi connectivity index (χ4n) is 3.36. The smallest absolute Gasteiger partial charge is 1.00 e. The Hall–Kier alpha value is 0.619. The molecule has 0 N–H and O–H groups in total. The molecule has 5 heteroatoms. The van der Waals surface area contributed by atoms with Gasteiger partial charge in [0.05, 0.1) is 0 Å². The van der Waals surface area contributed by atoms with E-state index in [-0.39, 0.29) is 24.8 Å². The molecule has 1 aromatic heterocycles. The van der Waals surface area contributed by atoms with Crippen molar-refractivity contribution < 1.29 is 38.8 Å². The predicted octanol–water partition coefficient (Wildman–Crippen LogP) is -0.723. The average Bonchev–Trinajstić information content (AvgIpc) is 2.89. The summed E-state index contributed by atoms with van der Waals surface area (Å²) in [5, 5.41) is 10.4. The van der Waals surface area contributed by atoms with Crippen LogP contribution in [0.5, 0.6) is 0 Å². The minimum absolute atomic E-state index is 0. The van der Waals surface area contributed by atoms with Crippen LogP contribution in [0.2, 0.25) is 34.6 Å². The number of allylic oxidation sites excluding steroid dienone is 4. The van der Waals surface area contributed by atoms with Crippen molar-refractivity contribution in [1.82, 2.24) is 0 Å². The van der Waals surface area contributed by atoms with Crippen LogP contribution in [-0.4, -0.2) is 6.71 Å². The number of hydrogen-bond acceptors (Lipinski definition) is 0. The maximum absolute atomic E-state index is 3.19. The molecule has 1 unspecified atom stereocenters. The Morgan fingerprint density at radius 1 is 1.10 bits per heavy atom. The van der Waals surface area contributed by atoms with E-state index in [1.807, 2.05) is 0 Å². The van der Waals surface area contributed by atoms with Crippen LogP contribution in [0.4, 0.5) is 0 Å². The normalized spacial score (nSPS) is 16.5. The van der Waals surface area contributed by atoms with Gasteiger partial charge in [-0.15, -0.1) is 0 Å². The van der Waals surface area contributed by atoms with Gasteiger partial charge in [-0.3, -0.25) is 0 Å². The molecule has 1 aliphatic rings. The molecule has 20 heavy (non-hydrogen) atoms. The van der Waals surface area contributed by atoms with Gasteiger partial charge in [0.15, 0.2) is 0 Å². The van der Waals surface area contributed by atoms with Gasteiger partial charge in [-0.2, -0.15) is 0 Å². The van der Waals surface area contributed by atoms with E-state index < -0.39 is 14.0 Å². The standard InChI is InChI=1S/C7H10B.C4H4P.4CH3.2ClH.Ti/c1-8(2)7-5-3-4-6-7;1-2-4-5-3-1;;;;;;;/h3,5H,4H2,1-2H3;1-3,5H;4*1H3;2*1H;/q;;;;;;;;+2/p-2. The summed E-state index contributed by atoms with van der Waals surface area (Å²) in [5.41, 5.74) is 1.62. The summed E-state index contributed by atoms with van der Waals surface area (Å²) in [5.74, 6) is 2.34. The maximum Gasteiger partial charge on any atom is -1.00 e. The molecule has 1 heterocycles. The average molecular weight is 367 g/mol. The van der Waals surface area contributed by atoms with Gasteiger partial charge in [0.2, 0.25) is 0 Å². The largest absolute Gasteiger partial charge is 1.00 e. The zero-order valence-electron chi connectivity index (χ0n) is 13.4. The molecule has 0 radical (unpaired) electrons. The first-order chi connectivity index (χ1) is 8.06. The van der Waals surface area contributed by atoms with Gasteiger partial charge in [0, 0.05) is 0 Å². The maximum atomic E-state index is 2.61. The summed E-state index contributed by atoms with van der Waals surface area (Å²) in [6.07, 6.45) is 5.94. The Kier molecular flexibility index (Phi) is 5.85. The molecule has 1 aromatic rings. The van der Waals surface area contributed by atoms with Gasteiger partial charge in [0.25, 0.3) is 0 Å². The van der Waals surface area contributed by atoms with Crippen LogP contribution in [0.3, 0.4) is 0 Å². The second-order valence-electron chi connectivity index (χ2n) is 8.90. The third kappa shape index (κ3) is 3.34. The van der Waals surface area contributed by atoms with E-state index in [1.165, 1.54) is 6.42 Å². The molecule has 0 amide bonds. The van der Waals surface area contributed by atoms with Crippen molar-refractivity contribution in [2.24, 2.45) is 0 Å². The van der Waals surface area contributed by atoms with E-state index >= 15 is 0 Å². The third-order valence-corrected chi connectivity index (χ3v) is 20.0. The number of hydrogen-bond donors (Lipinski definition) is 0. The third-order valence-electron chi connectivity index (χ3n) is 4.76. The minimum Gasteiger partial charge on any atom is -1.00 e. The SMILES string of the molecule is CB(C)C1=[C]([Ti+2]([CH3])([CH3])([CH3])([CH3])[c]2ccc[pH]2)CC=C1.[Cl-].[Cl-]. The summed E-state index contributed by atoms with van der Waals surface area (Å²) in [7, 11) is 0.905. The van der Waals surface area contributed by atoms with Crippen molar-refractivity contribution >= 4 is 18.5 Å². The number of halogens is 2. The van der Waals surface area contributed by atoms with Gasteiger partial charge in [-0.1, -0.05) is 0 Å². The van der Waals surface area contributed by atoms with Gasteiger partial charge in [-0.25, -0.2) is 0 Å². The Morgan fingerprint density at radius 2 is 1.70 bits per heavy atom. The molecule has 0 bridgehead atoms. The van der Waals surface area contributed by atoms with E-state index in [2.05, 4.69) is 64.6 Å². The van der Waals surface area contributed by atoms with Gasteiger partial charge in [0.1, 0.15) is 0 Å². The molecule has 0 fully saturated rings. The Balaban J connectivity index is 0.00000180. The van der Waals surface area contributed by atoms with Crippen LogP contribution in [0.15, 0.2) is 39.4 Å². The van der Waals surface area contributed by atoms with Crippen molar-refractivity contribution in [1.29, 1.82) is 0 Å². The Bertz CT molecular complexity index is 535. The second kappa shape index (κ2) is 5.68. The molecule has 1 atom stereocenters. The molecule has 112 valence electrons. The quantitative estimate of drug-likeness (QED) is 0.619. The summed E-state index contributed by atoms with van der Waals surface area (Å²) in [4.78, 5) is 0. The van der Waals surface area contributed by atoms with Crippen LogP contribution < -0.4 is 28.4 Å². The molecule has 0 saturated carbocycles. The zero-order chi connectivity index (χ0) is 13.7. The first-order valence-electron chi connectivity index (χ1n) is 7.07. The van der Waals surface area contributed by atoms with Crippen molar-refractivity contribution in [2.75, 3.05) is 0 Å². The van der Waals surface area contributed by atoms with Crippen molar-refractivity contribution in [3.05, 3.63) is 39.4 Å². The van der Waals surface area contributed by atoms with Crippen LogP contribution in [-0.2, 0) is 14.0 Å². The Labute approximate surface area is 137 Å². The molecular formula is C15H26BCl2PTi. The van der Waals surface area contributed by atoms with Gasteiger partial charge < -0.3 is 24.8 Å². The summed E-state index contributed by atoms with van der Waals surface area (Å²) in [6.45, 7) is 5.31. The fraction of sp³-hybridized carbons (Fsp3) is 0.467. The van der Waals surface area contributed by atoms with Crippen LogP contribution in [0.25, 0.3) is 0 Å². The van der Waals surface area contributed by atoms with Crippen LogP contribution >= 0.6 is 8.19 Å².